The van der Waals surface area contributed by atoms with Crippen LogP contribution in [0.15, 0.2) is 72.9 Å². The third-order valence-corrected chi connectivity index (χ3v) is 7.88. The van der Waals surface area contributed by atoms with Gasteiger partial charge in [0.15, 0.2) is 0 Å². The van der Waals surface area contributed by atoms with Crippen LogP contribution < -0.4 is 10.1 Å². The smallest absolute Gasteiger partial charge is 0.337 e. The maximum Gasteiger partial charge on any atom is 0.337 e. The second-order valence-electron chi connectivity index (χ2n) is 12.2. The van der Waals surface area contributed by atoms with Gasteiger partial charge in [0, 0.05) is 30.9 Å². The number of anilines is 1. The van der Waals surface area contributed by atoms with Crippen LogP contribution in [0.3, 0.4) is 0 Å². The molecule has 3 aromatic carbocycles. The molecule has 1 amide bonds. The molecule has 8 nitrogen and oxygen atoms in total. The first-order chi connectivity index (χ1) is 21.0. The Labute approximate surface area is 257 Å². The maximum atomic E-state index is 13.7. The van der Waals surface area contributed by atoms with Gasteiger partial charge in [0.1, 0.15) is 17.7 Å². The summed E-state index contributed by atoms with van der Waals surface area (Å²) in [7, 11) is 1.37. The van der Waals surface area contributed by atoms with E-state index >= 15 is 0 Å². The predicted octanol–water partition coefficient (Wildman–Crippen LogP) is 6.83. The van der Waals surface area contributed by atoms with Crippen molar-refractivity contribution in [2.45, 2.75) is 58.7 Å². The van der Waals surface area contributed by atoms with Crippen LogP contribution in [-0.2, 0) is 16.8 Å². The highest BCUT2D eigenvalue weighted by Gasteiger charge is 2.26. The Morgan fingerprint density at radius 3 is 2.32 bits per heavy atom. The average Bonchev–Trinajstić information content (AvgIpc) is 3.47. The molecule has 0 bridgehead atoms. The van der Waals surface area contributed by atoms with Crippen molar-refractivity contribution in [2.75, 3.05) is 25.5 Å². The number of amides is 1. The summed E-state index contributed by atoms with van der Waals surface area (Å²) in [6, 6.07) is 19.1. The third kappa shape index (κ3) is 7.17. The summed E-state index contributed by atoms with van der Waals surface area (Å²) in [6.07, 6.45) is 3.45. The van der Waals surface area contributed by atoms with Crippen molar-refractivity contribution in [2.24, 2.45) is 0 Å². The lowest BCUT2D eigenvalue weighted by molar-refractivity contribution is 0.0600. The molecule has 1 aromatic heterocycles. The predicted molar refractivity (Wildman–Crippen MR) is 168 cm³/mol. The van der Waals surface area contributed by atoms with E-state index in [4.69, 9.17) is 9.47 Å². The molecule has 230 valence electrons. The highest BCUT2D eigenvalue weighted by Crippen LogP contribution is 2.30. The van der Waals surface area contributed by atoms with E-state index in [1.54, 1.807) is 47.3 Å². The van der Waals surface area contributed by atoms with E-state index < -0.39 is 0 Å². The van der Waals surface area contributed by atoms with Gasteiger partial charge in [0.05, 0.1) is 35.7 Å². The summed E-state index contributed by atoms with van der Waals surface area (Å²) in [4.78, 5) is 27.6. The number of likely N-dealkylation sites (tertiary alicyclic amines) is 1. The number of halogens is 1. The number of aryl methyl sites for hydroxylation is 1. The molecule has 0 saturated carbocycles. The maximum absolute atomic E-state index is 13.7. The molecule has 2 heterocycles. The number of carbonyl (C=O) groups is 2. The van der Waals surface area contributed by atoms with Gasteiger partial charge in [-0.05, 0) is 112 Å². The van der Waals surface area contributed by atoms with Crippen LogP contribution in [0, 0.1) is 12.7 Å². The minimum atomic E-state index is -0.382. The van der Waals surface area contributed by atoms with Crippen molar-refractivity contribution in [1.29, 1.82) is 0 Å². The fraction of sp³-hybridized carbons (Fsp3) is 0.343. The number of esters is 1. The van der Waals surface area contributed by atoms with E-state index in [1.807, 2.05) is 39.0 Å². The number of methoxy groups -OCH3 is 1. The Kier molecular flexibility index (Phi) is 9.15. The largest absolute Gasteiger partial charge is 0.490 e. The van der Waals surface area contributed by atoms with Crippen LogP contribution in [-0.4, -0.2) is 52.9 Å². The number of ether oxygens (including phenoxy) is 2. The Bertz CT molecular complexity index is 1620. The number of nitrogens with one attached hydrogen (secondary N) is 1. The van der Waals surface area contributed by atoms with Gasteiger partial charge in [-0.15, -0.1) is 0 Å². The molecule has 0 atom stereocenters. The van der Waals surface area contributed by atoms with Gasteiger partial charge in [0.25, 0.3) is 5.91 Å². The molecule has 1 N–H and O–H groups in total. The van der Waals surface area contributed by atoms with E-state index in [0.29, 0.717) is 22.5 Å². The van der Waals surface area contributed by atoms with E-state index in [0.717, 1.165) is 54.9 Å². The lowest BCUT2D eigenvalue weighted by Crippen LogP contribution is -2.37. The van der Waals surface area contributed by atoms with Crippen LogP contribution in [0.4, 0.5) is 10.1 Å². The summed E-state index contributed by atoms with van der Waals surface area (Å²) in [5.74, 6) is -0.231. The van der Waals surface area contributed by atoms with Gasteiger partial charge in [-0.1, -0.05) is 6.07 Å². The zero-order valence-corrected chi connectivity index (χ0v) is 25.9. The number of hydrogen-bond donors (Lipinski definition) is 1. The number of aromatic nitrogens is 2. The number of nitrogens with zero attached hydrogens (tertiary/aromatic N) is 3. The summed E-state index contributed by atoms with van der Waals surface area (Å²) >= 11 is 0. The molecular formula is C35H39FN4O4. The highest BCUT2D eigenvalue weighted by atomic mass is 19.1. The van der Waals surface area contributed by atoms with Crippen LogP contribution in [0.5, 0.6) is 5.75 Å². The van der Waals surface area contributed by atoms with Crippen molar-refractivity contribution >= 4 is 17.6 Å². The molecule has 0 unspecified atom stereocenters. The first kappa shape index (κ1) is 30.9. The van der Waals surface area contributed by atoms with Gasteiger partial charge in [-0.3, -0.25) is 14.4 Å². The van der Waals surface area contributed by atoms with Crippen molar-refractivity contribution in [3.8, 4) is 17.0 Å². The second-order valence-corrected chi connectivity index (χ2v) is 12.2. The van der Waals surface area contributed by atoms with Crippen molar-refractivity contribution in [3.05, 3.63) is 101 Å². The van der Waals surface area contributed by atoms with Gasteiger partial charge in [-0.25, -0.2) is 9.18 Å². The Hall–Kier alpha value is -4.50. The minimum Gasteiger partial charge on any atom is -0.490 e. The van der Waals surface area contributed by atoms with Crippen LogP contribution in [0.2, 0.25) is 0 Å². The van der Waals surface area contributed by atoms with Gasteiger partial charge < -0.3 is 14.8 Å². The molecule has 1 aliphatic heterocycles. The van der Waals surface area contributed by atoms with Crippen molar-refractivity contribution in [3.63, 3.8) is 0 Å². The first-order valence-corrected chi connectivity index (χ1v) is 14.8. The zero-order valence-electron chi connectivity index (χ0n) is 25.9. The zero-order chi connectivity index (χ0) is 31.4. The summed E-state index contributed by atoms with van der Waals surface area (Å²) in [5, 5.41) is 7.60. The molecule has 0 radical (unpaired) electrons. The molecule has 1 aliphatic rings. The van der Waals surface area contributed by atoms with Gasteiger partial charge in [-0.2, -0.15) is 5.10 Å². The average molecular weight is 599 g/mol. The van der Waals surface area contributed by atoms with E-state index in [9.17, 15) is 14.0 Å². The summed E-state index contributed by atoms with van der Waals surface area (Å²) < 4.78 is 26.4. The minimum absolute atomic E-state index is 0.103. The van der Waals surface area contributed by atoms with E-state index in [2.05, 4.69) is 22.2 Å². The number of rotatable bonds is 8. The van der Waals surface area contributed by atoms with Crippen LogP contribution in [0.25, 0.3) is 11.3 Å². The van der Waals surface area contributed by atoms with Crippen LogP contribution >= 0.6 is 0 Å². The van der Waals surface area contributed by atoms with Gasteiger partial charge >= 0.3 is 5.97 Å². The van der Waals surface area contributed by atoms with Gasteiger partial charge in [0.2, 0.25) is 0 Å². The second kappa shape index (κ2) is 13.0. The number of piperidine rings is 1. The molecule has 44 heavy (non-hydrogen) atoms. The Morgan fingerprint density at radius 2 is 1.68 bits per heavy atom. The molecular weight excluding hydrogens is 559 g/mol. The molecule has 9 heteroatoms. The van der Waals surface area contributed by atoms with E-state index in [1.165, 1.54) is 19.2 Å². The normalized spacial score (nSPS) is 14.3. The first-order valence-electron chi connectivity index (χ1n) is 14.8. The summed E-state index contributed by atoms with van der Waals surface area (Å²) in [6.45, 7) is 10.6. The number of benzene rings is 3. The quantitative estimate of drug-likeness (QED) is 0.224. The lowest BCUT2D eigenvalue weighted by atomic mass is 10.0. The highest BCUT2D eigenvalue weighted by molar-refractivity contribution is 6.08. The Balaban J connectivity index is 1.23. The molecule has 5 rings (SSSR count). The topological polar surface area (TPSA) is 85.7 Å². The fourth-order valence-corrected chi connectivity index (χ4v) is 5.43. The SMILES string of the molecule is COC(=O)c1ccc(OC2CCN(Cc3cc(NC(=O)c4cnn(C(C)(C)C)c4-c4ccc(F)cc4)ccc3C)CC2)cc1. The van der Waals surface area contributed by atoms with E-state index in [-0.39, 0.29) is 29.3 Å². The molecule has 4 aromatic rings. The molecule has 1 saturated heterocycles. The van der Waals surface area contributed by atoms with Crippen molar-refractivity contribution in [1.82, 2.24) is 14.7 Å². The molecule has 0 aliphatic carbocycles. The standard InChI is InChI=1S/C35H39FN4O4/c1-23-6-13-28(38-33(41)31-21-37-40(35(2,3)4)32(31)24-7-11-27(36)12-8-24)20-26(23)22-39-18-16-30(17-19-39)44-29-14-9-25(10-15-29)34(42)43-5/h6-15,20-21,30H,16-19,22H2,1-5H3,(H,38,41). The lowest BCUT2D eigenvalue weighted by Gasteiger charge is -2.32. The third-order valence-electron chi connectivity index (χ3n) is 7.88. The molecule has 1 fully saturated rings. The summed E-state index contributed by atoms with van der Waals surface area (Å²) in [5.41, 5.74) is 4.91. The Morgan fingerprint density at radius 1 is 1.00 bits per heavy atom. The van der Waals surface area contributed by atoms with Crippen molar-refractivity contribution < 1.29 is 23.5 Å². The number of carbonyl (C=O) groups excluding carboxylic acids is 2. The fourth-order valence-electron chi connectivity index (χ4n) is 5.43. The monoisotopic (exact) mass is 598 g/mol. The molecule has 0 spiro atoms. The van der Waals surface area contributed by atoms with Crippen LogP contribution in [0.1, 0.15) is 65.5 Å². The number of hydrogen-bond acceptors (Lipinski definition) is 6.